The third-order valence-electron chi connectivity index (χ3n) is 14.8. The van der Waals surface area contributed by atoms with E-state index in [1.54, 1.807) is 0 Å². The molecule has 0 N–H and O–H groups in total. The smallest absolute Gasteiger partial charge is 0.309 e. The second-order valence-electron chi connectivity index (χ2n) is 19.1. The van der Waals surface area contributed by atoms with Crippen LogP contribution in [0.3, 0.4) is 0 Å². The first kappa shape index (κ1) is 38.6. The molecule has 0 bridgehead atoms. The van der Waals surface area contributed by atoms with Crippen LogP contribution in [-0.2, 0) is 28.5 Å². The van der Waals surface area contributed by atoms with Gasteiger partial charge in [-0.2, -0.15) is 0 Å². The van der Waals surface area contributed by atoms with Crippen LogP contribution in [0.4, 0.5) is 0 Å². The monoisotopic (exact) mass is 699 g/mol. The highest BCUT2D eigenvalue weighted by atomic mass is 16.6. The Kier molecular flexibility index (Phi) is 13.7. The highest BCUT2D eigenvalue weighted by molar-refractivity contribution is 5.73. The van der Waals surface area contributed by atoms with Crippen molar-refractivity contribution in [3.05, 3.63) is 0 Å². The van der Waals surface area contributed by atoms with Gasteiger partial charge in [-0.05, 0) is 151 Å². The zero-order valence-electron chi connectivity index (χ0n) is 32.8. The predicted molar refractivity (Wildman–Crippen MR) is 198 cm³/mol. The van der Waals surface area contributed by atoms with Crippen LogP contribution >= 0.6 is 0 Å². The maximum absolute atomic E-state index is 13.5. The average molecular weight is 699 g/mol. The summed E-state index contributed by atoms with van der Waals surface area (Å²) in [5.74, 6) is 4.79. The summed E-state index contributed by atoms with van der Waals surface area (Å²) < 4.78 is 26.3. The molecular weight excluding hydrogens is 624 g/mol. The van der Waals surface area contributed by atoms with Crippen molar-refractivity contribution >= 4 is 11.9 Å². The van der Waals surface area contributed by atoms with E-state index in [0.29, 0.717) is 47.7 Å². The number of esters is 2. The molecule has 50 heavy (non-hydrogen) atoms. The molecule has 6 heteroatoms. The summed E-state index contributed by atoms with van der Waals surface area (Å²) in [6.45, 7) is 14.1. The molecule has 0 aromatic rings. The van der Waals surface area contributed by atoms with Gasteiger partial charge in [0, 0.05) is 11.8 Å². The van der Waals surface area contributed by atoms with Gasteiger partial charge in [0.1, 0.15) is 12.2 Å². The number of carbonyl (C=O) groups excluding carboxylic acids is 2. The maximum Gasteiger partial charge on any atom is 0.309 e. The van der Waals surface area contributed by atoms with E-state index in [9.17, 15) is 9.59 Å². The molecule has 0 aliphatic heterocycles. The Morgan fingerprint density at radius 3 is 1.20 bits per heavy atom. The van der Waals surface area contributed by atoms with E-state index < -0.39 is 0 Å². The Labute approximate surface area is 305 Å². The number of fused-ring (bicyclic) bond motifs is 1. The lowest BCUT2D eigenvalue weighted by Gasteiger charge is -2.45. The summed E-state index contributed by atoms with van der Waals surface area (Å²) in [5.41, 5.74) is 0. The van der Waals surface area contributed by atoms with Gasteiger partial charge in [-0.15, -0.1) is 0 Å². The first-order valence-corrected chi connectivity index (χ1v) is 21.8. The highest BCUT2D eigenvalue weighted by Gasteiger charge is 2.45. The van der Waals surface area contributed by atoms with E-state index in [2.05, 4.69) is 41.5 Å². The zero-order valence-corrected chi connectivity index (χ0v) is 32.8. The summed E-state index contributed by atoms with van der Waals surface area (Å²) in [6, 6.07) is 0. The predicted octanol–water partition coefficient (Wildman–Crippen LogP) is 10.5. The molecule has 0 spiro atoms. The first-order valence-electron chi connectivity index (χ1n) is 21.8. The van der Waals surface area contributed by atoms with Crippen LogP contribution in [0.5, 0.6) is 0 Å². The Hall–Kier alpha value is -1.14. The molecule has 0 amide bonds. The molecule has 0 heterocycles. The van der Waals surface area contributed by atoms with Gasteiger partial charge in [0.15, 0.2) is 0 Å². The van der Waals surface area contributed by atoms with Crippen molar-refractivity contribution in [1.29, 1.82) is 0 Å². The van der Waals surface area contributed by atoms with Crippen LogP contribution < -0.4 is 0 Å². The maximum atomic E-state index is 13.5. The summed E-state index contributed by atoms with van der Waals surface area (Å²) in [7, 11) is 0. The quantitative estimate of drug-likeness (QED) is 0.212. The van der Waals surface area contributed by atoms with Crippen molar-refractivity contribution in [2.24, 2.45) is 59.2 Å². The van der Waals surface area contributed by atoms with Crippen molar-refractivity contribution in [3.63, 3.8) is 0 Å². The molecule has 6 rings (SSSR count). The van der Waals surface area contributed by atoms with Crippen molar-refractivity contribution in [2.75, 3.05) is 0 Å². The fourth-order valence-corrected chi connectivity index (χ4v) is 11.6. The Bertz CT molecular complexity index is 988. The fourth-order valence-electron chi connectivity index (χ4n) is 11.6. The molecule has 0 radical (unpaired) electrons. The van der Waals surface area contributed by atoms with Gasteiger partial charge < -0.3 is 18.9 Å². The molecule has 6 aliphatic carbocycles. The average Bonchev–Trinajstić information content (AvgIpc) is 3.09. The molecule has 6 saturated carbocycles. The van der Waals surface area contributed by atoms with Crippen LogP contribution in [0.15, 0.2) is 0 Å². The van der Waals surface area contributed by atoms with Gasteiger partial charge >= 0.3 is 11.9 Å². The molecule has 6 aliphatic rings. The van der Waals surface area contributed by atoms with E-state index in [-0.39, 0.29) is 48.2 Å². The van der Waals surface area contributed by atoms with Crippen LogP contribution in [-0.4, -0.2) is 48.6 Å². The molecule has 0 aromatic heterocycles. The molecule has 286 valence electrons. The van der Waals surface area contributed by atoms with Crippen molar-refractivity contribution in [3.8, 4) is 0 Å². The molecule has 0 aromatic carbocycles. The summed E-state index contributed by atoms with van der Waals surface area (Å²) in [6.07, 6.45) is 22.4. The Morgan fingerprint density at radius 1 is 0.460 bits per heavy atom. The molecule has 6 nitrogen and oxygen atoms in total. The third-order valence-corrected chi connectivity index (χ3v) is 14.8. The van der Waals surface area contributed by atoms with Gasteiger partial charge in [-0.25, -0.2) is 0 Å². The fraction of sp³-hybridized carbons (Fsp3) is 0.955. The first-order chi connectivity index (χ1) is 24.0. The summed E-state index contributed by atoms with van der Waals surface area (Å²) in [5, 5.41) is 0. The minimum absolute atomic E-state index is 0.00417. The van der Waals surface area contributed by atoms with E-state index in [0.717, 1.165) is 102 Å². The van der Waals surface area contributed by atoms with Crippen molar-refractivity contribution < 1.29 is 28.5 Å². The van der Waals surface area contributed by atoms with Crippen LogP contribution in [0.2, 0.25) is 0 Å². The van der Waals surface area contributed by atoms with Gasteiger partial charge in [-0.1, -0.05) is 54.4 Å². The topological polar surface area (TPSA) is 71.1 Å². The van der Waals surface area contributed by atoms with E-state index >= 15 is 0 Å². The standard InChI is InChI=1S/C44H74O6/c1-27(2)35-23-13-29(5)25-41(35)47-33-19-15-31(16-20-33)43(45)49-39-11-7-10-38-37(39)9-8-12-40(38)50-44(46)32-17-21-34(22-18-32)48-42-26-30(6)14-24-36(42)28(3)4/h27-42H,7-26H2,1-6H3. The number of ether oxygens (including phenoxy) is 4. The van der Waals surface area contributed by atoms with Crippen LogP contribution in [0, 0.1) is 59.2 Å². The largest absolute Gasteiger partial charge is 0.462 e. The van der Waals surface area contributed by atoms with Gasteiger partial charge in [-0.3, -0.25) is 9.59 Å². The summed E-state index contributed by atoms with van der Waals surface area (Å²) in [4.78, 5) is 27.1. The Balaban J connectivity index is 0.939. The minimum Gasteiger partial charge on any atom is -0.462 e. The zero-order chi connectivity index (χ0) is 35.4. The normalized spacial score (nSPS) is 42.9. The number of carbonyl (C=O) groups is 2. The second kappa shape index (κ2) is 17.8. The van der Waals surface area contributed by atoms with Crippen molar-refractivity contribution in [2.45, 2.75) is 207 Å². The van der Waals surface area contributed by atoms with Gasteiger partial charge in [0.2, 0.25) is 0 Å². The highest BCUT2D eigenvalue weighted by Crippen LogP contribution is 2.45. The molecular formula is C44H74O6. The van der Waals surface area contributed by atoms with Crippen LogP contribution in [0.25, 0.3) is 0 Å². The SMILES string of the molecule is CC1CCC(C(C)C)C(OC2CCC(C(=O)OC3CCCC4C(OC(=O)C5CCC(OC6CC(C)CCC6C(C)C)CC5)CCCC34)CC2)C1. The lowest BCUT2D eigenvalue weighted by molar-refractivity contribution is -0.176. The Morgan fingerprint density at radius 2 is 0.840 bits per heavy atom. The molecule has 10 atom stereocenters. The summed E-state index contributed by atoms with van der Waals surface area (Å²) >= 11 is 0. The lowest BCUT2D eigenvalue weighted by Crippen LogP contribution is -2.46. The minimum atomic E-state index is -0.0305. The second-order valence-corrected chi connectivity index (χ2v) is 19.1. The van der Waals surface area contributed by atoms with Crippen molar-refractivity contribution in [1.82, 2.24) is 0 Å². The number of hydrogen-bond acceptors (Lipinski definition) is 6. The molecule has 10 unspecified atom stereocenters. The molecule has 0 saturated heterocycles. The third kappa shape index (κ3) is 9.69. The molecule has 6 fully saturated rings. The number of rotatable bonds is 10. The van der Waals surface area contributed by atoms with E-state index in [1.165, 1.54) is 38.5 Å². The van der Waals surface area contributed by atoms with Gasteiger partial charge in [0.25, 0.3) is 0 Å². The van der Waals surface area contributed by atoms with Crippen LogP contribution in [0.1, 0.15) is 170 Å². The lowest BCUT2D eigenvalue weighted by atomic mass is 9.68. The van der Waals surface area contributed by atoms with E-state index in [4.69, 9.17) is 18.9 Å². The van der Waals surface area contributed by atoms with Gasteiger partial charge in [0.05, 0.1) is 36.3 Å². The van der Waals surface area contributed by atoms with E-state index in [1.807, 2.05) is 0 Å². The number of hydrogen-bond donors (Lipinski definition) is 0.